The molecule has 0 aliphatic carbocycles. The number of aliphatic hydroxyl groups is 1. The summed E-state index contributed by atoms with van der Waals surface area (Å²) in [6.45, 7) is 4.21. The van der Waals surface area contributed by atoms with Gasteiger partial charge in [-0.1, -0.05) is 0 Å². The lowest BCUT2D eigenvalue weighted by molar-refractivity contribution is -0.145. The Balaban J connectivity index is 5.02. The zero-order valence-electron chi connectivity index (χ0n) is 16.7. The SMILES string of the molecule is CC(N)C(=O)NC(CCCN=C(N)N)C(=O)NC(C)C(=O)NC(C(=O)O)C(C)O. The molecule has 0 heterocycles. The van der Waals surface area contributed by atoms with E-state index >= 15 is 0 Å². The topological polar surface area (TPSA) is 235 Å². The maximum absolute atomic E-state index is 12.5. The quantitative estimate of drug-likeness (QED) is 0.0885. The molecule has 0 radical (unpaired) electrons. The van der Waals surface area contributed by atoms with Crippen LogP contribution in [0.25, 0.3) is 0 Å². The molecule has 0 aromatic rings. The lowest BCUT2D eigenvalue weighted by atomic mass is 10.1. The number of carboxylic acids is 1. The summed E-state index contributed by atoms with van der Waals surface area (Å²) < 4.78 is 0. The van der Waals surface area contributed by atoms with Crippen molar-refractivity contribution in [3.05, 3.63) is 0 Å². The van der Waals surface area contributed by atoms with Crippen molar-refractivity contribution in [2.45, 2.75) is 63.9 Å². The fourth-order valence-corrected chi connectivity index (χ4v) is 2.12. The van der Waals surface area contributed by atoms with Crippen molar-refractivity contribution in [1.29, 1.82) is 0 Å². The smallest absolute Gasteiger partial charge is 0.328 e. The Morgan fingerprint density at radius 3 is 2.00 bits per heavy atom. The normalized spacial score (nSPS) is 15.8. The van der Waals surface area contributed by atoms with Gasteiger partial charge >= 0.3 is 5.97 Å². The van der Waals surface area contributed by atoms with Crippen molar-refractivity contribution in [2.75, 3.05) is 6.54 Å². The molecule has 0 aliphatic rings. The van der Waals surface area contributed by atoms with Gasteiger partial charge in [-0.05, 0) is 33.6 Å². The van der Waals surface area contributed by atoms with Crippen LogP contribution < -0.4 is 33.2 Å². The predicted molar refractivity (Wildman–Crippen MR) is 104 cm³/mol. The van der Waals surface area contributed by atoms with E-state index in [1.807, 2.05) is 0 Å². The second-order valence-electron chi connectivity index (χ2n) is 6.59. The second kappa shape index (κ2) is 12.5. The summed E-state index contributed by atoms with van der Waals surface area (Å²) in [5.74, 6) is -3.58. The number of guanidine groups is 1. The van der Waals surface area contributed by atoms with Gasteiger partial charge in [0.15, 0.2) is 12.0 Å². The molecule has 5 atom stereocenters. The van der Waals surface area contributed by atoms with Crippen molar-refractivity contribution in [2.24, 2.45) is 22.2 Å². The maximum Gasteiger partial charge on any atom is 0.328 e. The lowest BCUT2D eigenvalue weighted by Crippen LogP contribution is -2.57. The molecule has 0 aliphatic heterocycles. The van der Waals surface area contributed by atoms with Crippen molar-refractivity contribution >= 4 is 29.7 Å². The molecule has 13 nitrogen and oxygen atoms in total. The van der Waals surface area contributed by atoms with Crippen molar-refractivity contribution in [1.82, 2.24) is 16.0 Å². The molecule has 0 fully saturated rings. The summed E-state index contributed by atoms with van der Waals surface area (Å²) in [6.07, 6.45) is -0.812. The first kappa shape index (κ1) is 26.1. The molecule has 0 saturated heterocycles. The number of aliphatic imine (C=N–C) groups is 1. The molecule has 13 heteroatoms. The maximum atomic E-state index is 12.5. The highest BCUT2D eigenvalue weighted by molar-refractivity contribution is 5.93. The number of nitrogens with zero attached hydrogens (tertiary/aromatic N) is 1. The lowest BCUT2D eigenvalue weighted by Gasteiger charge is -2.23. The van der Waals surface area contributed by atoms with Crippen LogP contribution in [-0.4, -0.2) is 76.7 Å². The van der Waals surface area contributed by atoms with E-state index in [2.05, 4.69) is 20.9 Å². The summed E-state index contributed by atoms with van der Waals surface area (Å²) in [7, 11) is 0. The average molecular weight is 417 g/mol. The minimum Gasteiger partial charge on any atom is -0.480 e. The number of hydrogen-bond donors (Lipinski definition) is 8. The molecule has 29 heavy (non-hydrogen) atoms. The summed E-state index contributed by atoms with van der Waals surface area (Å²) in [4.78, 5) is 51.3. The molecule has 0 aromatic heterocycles. The Hall–Kier alpha value is -2.93. The van der Waals surface area contributed by atoms with Crippen molar-refractivity contribution in [3.8, 4) is 0 Å². The number of carbonyl (C=O) groups is 4. The third-order valence-corrected chi connectivity index (χ3v) is 3.79. The first-order valence-corrected chi connectivity index (χ1v) is 8.99. The molecular formula is C16H31N7O6. The van der Waals surface area contributed by atoms with Crippen molar-refractivity contribution < 1.29 is 29.4 Å². The summed E-state index contributed by atoms with van der Waals surface area (Å²) >= 11 is 0. The molecule has 166 valence electrons. The first-order valence-electron chi connectivity index (χ1n) is 8.99. The number of carbonyl (C=O) groups excluding carboxylic acids is 3. The number of aliphatic hydroxyl groups excluding tert-OH is 1. The number of rotatable bonds is 12. The number of hydrogen-bond acceptors (Lipinski definition) is 7. The van der Waals surface area contributed by atoms with E-state index in [9.17, 15) is 24.3 Å². The number of carboxylic acid groups (broad SMARTS) is 1. The van der Waals surface area contributed by atoms with Gasteiger partial charge in [0.25, 0.3) is 0 Å². The Kier molecular flexibility index (Phi) is 11.2. The first-order chi connectivity index (χ1) is 13.4. The van der Waals surface area contributed by atoms with Crippen LogP contribution >= 0.6 is 0 Å². The van der Waals surface area contributed by atoms with Crippen LogP contribution in [0.15, 0.2) is 4.99 Å². The standard InChI is InChI=1S/C16H31N7O6/c1-7(17)12(25)22-10(5-4-6-20-16(18)19)14(27)21-8(2)13(26)23-11(9(3)24)15(28)29/h7-11,24H,4-6,17H2,1-3H3,(H,21,27)(H,22,25)(H,23,26)(H,28,29)(H4,18,19,20). The van der Waals surface area contributed by atoms with Gasteiger partial charge in [0, 0.05) is 6.54 Å². The summed E-state index contributed by atoms with van der Waals surface area (Å²) in [6, 6.07) is -4.53. The van der Waals surface area contributed by atoms with E-state index in [0.29, 0.717) is 6.42 Å². The molecule has 0 rings (SSSR count). The monoisotopic (exact) mass is 417 g/mol. The zero-order chi connectivity index (χ0) is 22.7. The van der Waals surface area contributed by atoms with Gasteiger partial charge < -0.3 is 43.4 Å². The third-order valence-electron chi connectivity index (χ3n) is 3.79. The van der Waals surface area contributed by atoms with Gasteiger partial charge in [0.05, 0.1) is 12.1 Å². The van der Waals surface area contributed by atoms with Gasteiger partial charge in [0.1, 0.15) is 12.1 Å². The van der Waals surface area contributed by atoms with Crippen LogP contribution in [0, 0.1) is 0 Å². The van der Waals surface area contributed by atoms with Crippen LogP contribution in [0.3, 0.4) is 0 Å². The van der Waals surface area contributed by atoms with Crippen molar-refractivity contribution in [3.63, 3.8) is 0 Å². The minimum absolute atomic E-state index is 0.109. The largest absolute Gasteiger partial charge is 0.480 e. The average Bonchev–Trinajstić information content (AvgIpc) is 2.60. The fourth-order valence-electron chi connectivity index (χ4n) is 2.12. The van der Waals surface area contributed by atoms with Crippen LogP contribution in [0.5, 0.6) is 0 Å². The van der Waals surface area contributed by atoms with Crippen LogP contribution in [0.2, 0.25) is 0 Å². The summed E-state index contributed by atoms with van der Waals surface area (Å²) in [5, 5.41) is 25.4. The third kappa shape index (κ3) is 10.3. The Labute approximate surface area is 168 Å². The number of nitrogens with two attached hydrogens (primary N) is 3. The molecule has 11 N–H and O–H groups in total. The molecule has 5 unspecified atom stereocenters. The molecule has 0 bridgehead atoms. The summed E-state index contributed by atoms with van der Waals surface area (Å²) in [5.41, 5.74) is 16.0. The van der Waals surface area contributed by atoms with E-state index in [1.165, 1.54) is 20.8 Å². The molecule has 0 saturated carbocycles. The van der Waals surface area contributed by atoms with Gasteiger partial charge in [0.2, 0.25) is 17.7 Å². The van der Waals surface area contributed by atoms with Gasteiger partial charge in [-0.3, -0.25) is 19.4 Å². The van der Waals surface area contributed by atoms with Gasteiger partial charge in [-0.2, -0.15) is 0 Å². The van der Waals surface area contributed by atoms with Gasteiger partial charge in [-0.25, -0.2) is 4.79 Å². The van der Waals surface area contributed by atoms with Crippen LogP contribution in [-0.2, 0) is 19.2 Å². The van der Waals surface area contributed by atoms with E-state index in [1.54, 1.807) is 0 Å². The van der Waals surface area contributed by atoms with Crippen LogP contribution in [0.1, 0.15) is 33.6 Å². The minimum atomic E-state index is -1.53. The second-order valence-corrected chi connectivity index (χ2v) is 6.59. The molecular weight excluding hydrogens is 386 g/mol. The van der Waals surface area contributed by atoms with E-state index in [0.717, 1.165) is 0 Å². The van der Waals surface area contributed by atoms with Crippen LogP contribution in [0.4, 0.5) is 0 Å². The van der Waals surface area contributed by atoms with E-state index in [-0.39, 0.29) is 18.9 Å². The van der Waals surface area contributed by atoms with E-state index in [4.69, 9.17) is 22.3 Å². The Morgan fingerprint density at radius 2 is 1.55 bits per heavy atom. The highest BCUT2D eigenvalue weighted by Gasteiger charge is 2.29. The Bertz CT molecular complexity index is 619. The molecule has 0 spiro atoms. The number of aliphatic carboxylic acids is 1. The van der Waals surface area contributed by atoms with E-state index < -0.39 is 54.0 Å². The molecule has 3 amide bonds. The number of amides is 3. The Morgan fingerprint density at radius 1 is 0.966 bits per heavy atom. The van der Waals surface area contributed by atoms with Gasteiger partial charge in [-0.15, -0.1) is 0 Å². The predicted octanol–water partition coefficient (Wildman–Crippen LogP) is -3.67. The highest BCUT2D eigenvalue weighted by Crippen LogP contribution is 2.01. The highest BCUT2D eigenvalue weighted by atomic mass is 16.4. The fraction of sp³-hybridized carbons (Fsp3) is 0.688. The number of nitrogens with one attached hydrogen (secondary N) is 3. The zero-order valence-corrected chi connectivity index (χ0v) is 16.7. The molecule has 0 aromatic carbocycles.